The molecule has 0 aliphatic heterocycles. The van der Waals surface area contributed by atoms with E-state index in [1.165, 1.54) is 0 Å². The van der Waals surface area contributed by atoms with E-state index in [0.717, 1.165) is 5.56 Å². The van der Waals surface area contributed by atoms with Crippen LogP contribution in [0.1, 0.15) is 25.8 Å². The van der Waals surface area contributed by atoms with Gasteiger partial charge in [-0.15, -0.1) is 0 Å². The third-order valence-electron chi connectivity index (χ3n) is 4.31. The molecule has 0 unspecified atom stereocenters. The monoisotopic (exact) mass is 443 g/mol. The van der Waals surface area contributed by atoms with Crippen molar-refractivity contribution in [1.82, 2.24) is 9.78 Å². The molecule has 1 amide bonds. The minimum Gasteiger partial charge on any atom is -0.491 e. The van der Waals surface area contributed by atoms with Gasteiger partial charge < -0.3 is 24.6 Å². The molecular weight excluding hydrogens is 417 g/mol. The van der Waals surface area contributed by atoms with Gasteiger partial charge in [0.1, 0.15) is 17.3 Å². The first kappa shape index (κ1) is 22.7. The largest absolute Gasteiger partial charge is 0.491 e. The summed E-state index contributed by atoms with van der Waals surface area (Å²) in [5.74, 6) is 1.81. The highest BCUT2D eigenvalue weighted by Crippen LogP contribution is 2.26. The maximum absolute atomic E-state index is 13.0. The summed E-state index contributed by atoms with van der Waals surface area (Å²) in [5.41, 5.74) is 1.22. The molecule has 2 aromatic rings. The summed E-state index contributed by atoms with van der Waals surface area (Å²) in [4.78, 5) is 31.6. The molecule has 0 fully saturated rings. The zero-order valence-corrected chi connectivity index (χ0v) is 18.8. The van der Waals surface area contributed by atoms with Crippen LogP contribution >= 0.6 is 8.38 Å². The highest BCUT2D eigenvalue weighted by molar-refractivity contribution is 7.54. The Bertz CT molecular complexity index is 1040. The number of ether oxygens (including phenoxy) is 2. The standard InChI is InChI=1S/C22H26N3O5P/c1-14(2)29-18-5-6-19(30-17-7-9-20(10-8-17)31(27)28)12-16(11-18)22(26)23-21-15(3)13-25(4)24-21/h5,7-14,27-28H,6H2,1-4H3,(H,23,24,26). The number of allylic oxidation sites excluding steroid dienone is 2. The second kappa shape index (κ2) is 9.92. The van der Waals surface area contributed by atoms with Gasteiger partial charge in [0, 0.05) is 36.1 Å². The van der Waals surface area contributed by atoms with Crippen LogP contribution in [0.5, 0.6) is 5.75 Å². The first-order valence-electron chi connectivity index (χ1n) is 9.77. The molecule has 0 radical (unpaired) electrons. The summed E-state index contributed by atoms with van der Waals surface area (Å²) in [5, 5.41) is 7.52. The van der Waals surface area contributed by atoms with Gasteiger partial charge in [-0.25, -0.2) is 0 Å². The molecule has 1 aromatic heterocycles. The van der Waals surface area contributed by atoms with Crippen LogP contribution in [0.15, 0.2) is 65.8 Å². The summed E-state index contributed by atoms with van der Waals surface area (Å²) in [6.07, 6.45) is 7.40. The van der Waals surface area contributed by atoms with E-state index in [9.17, 15) is 14.6 Å². The van der Waals surface area contributed by atoms with Crippen molar-refractivity contribution in [3.63, 3.8) is 0 Å². The van der Waals surface area contributed by atoms with Gasteiger partial charge in [-0.1, -0.05) is 0 Å². The second-order valence-electron chi connectivity index (χ2n) is 7.36. The van der Waals surface area contributed by atoms with Crippen molar-refractivity contribution < 1.29 is 24.1 Å². The lowest BCUT2D eigenvalue weighted by atomic mass is 10.2. The highest BCUT2D eigenvalue weighted by Gasteiger charge is 2.17. The Kier molecular flexibility index (Phi) is 7.28. The van der Waals surface area contributed by atoms with E-state index < -0.39 is 8.38 Å². The van der Waals surface area contributed by atoms with Gasteiger partial charge in [0.05, 0.1) is 6.10 Å². The van der Waals surface area contributed by atoms with E-state index in [1.807, 2.05) is 33.0 Å². The van der Waals surface area contributed by atoms with E-state index in [-0.39, 0.29) is 12.0 Å². The van der Waals surface area contributed by atoms with E-state index in [4.69, 9.17) is 9.47 Å². The molecule has 1 aliphatic rings. The van der Waals surface area contributed by atoms with Crippen LogP contribution in [-0.4, -0.2) is 31.6 Å². The summed E-state index contributed by atoms with van der Waals surface area (Å²) >= 11 is 0. The van der Waals surface area contributed by atoms with Crippen LogP contribution < -0.4 is 15.4 Å². The van der Waals surface area contributed by atoms with Crippen molar-refractivity contribution in [3.8, 4) is 5.75 Å². The topological polar surface area (TPSA) is 106 Å². The van der Waals surface area contributed by atoms with E-state index in [1.54, 1.807) is 48.1 Å². The van der Waals surface area contributed by atoms with Crippen LogP contribution in [0.3, 0.4) is 0 Å². The molecule has 0 spiro atoms. The molecule has 1 aliphatic carbocycles. The molecule has 8 nitrogen and oxygen atoms in total. The van der Waals surface area contributed by atoms with Crippen molar-refractivity contribution in [2.45, 2.75) is 33.3 Å². The third kappa shape index (κ3) is 6.28. The van der Waals surface area contributed by atoms with Gasteiger partial charge in [0.2, 0.25) is 0 Å². The highest BCUT2D eigenvalue weighted by atomic mass is 31.2. The van der Waals surface area contributed by atoms with Gasteiger partial charge in [-0.2, -0.15) is 5.10 Å². The molecule has 0 bridgehead atoms. The quantitative estimate of drug-likeness (QED) is 0.568. The minimum atomic E-state index is -2.15. The zero-order valence-electron chi connectivity index (χ0n) is 17.9. The van der Waals surface area contributed by atoms with Gasteiger partial charge in [0.25, 0.3) is 5.91 Å². The lowest BCUT2D eigenvalue weighted by Crippen LogP contribution is -2.15. The molecule has 31 heavy (non-hydrogen) atoms. The average molecular weight is 443 g/mol. The molecule has 1 aromatic carbocycles. The third-order valence-corrected chi connectivity index (χ3v) is 5.07. The number of aromatic nitrogens is 2. The fourth-order valence-corrected chi connectivity index (χ4v) is 3.37. The number of aryl methyl sites for hydroxylation is 2. The van der Waals surface area contributed by atoms with Crippen molar-refractivity contribution in [2.24, 2.45) is 7.05 Å². The van der Waals surface area contributed by atoms with Gasteiger partial charge in [-0.05, 0) is 63.3 Å². The fourth-order valence-electron chi connectivity index (χ4n) is 2.95. The molecule has 1 heterocycles. The molecule has 0 atom stereocenters. The molecular formula is C22H26N3O5P. The van der Waals surface area contributed by atoms with Gasteiger partial charge in [0.15, 0.2) is 14.2 Å². The normalized spacial score (nSPS) is 14.0. The SMILES string of the molecule is Cc1cn(C)nc1NC(=O)C1=CC(OC(C)C)=CCC(Oc2ccc(P(O)O)cc2)=C1. The Morgan fingerprint density at radius 1 is 1.23 bits per heavy atom. The van der Waals surface area contributed by atoms with Crippen molar-refractivity contribution in [3.05, 3.63) is 71.3 Å². The second-order valence-corrected chi connectivity index (χ2v) is 8.46. The number of carbonyl (C=O) groups is 1. The summed E-state index contributed by atoms with van der Waals surface area (Å²) in [6, 6.07) is 6.49. The zero-order chi connectivity index (χ0) is 22.5. The fraction of sp³-hybridized carbons (Fsp3) is 0.273. The Labute approximate surface area is 182 Å². The predicted octanol–water partition coefficient (Wildman–Crippen LogP) is 3.19. The first-order chi connectivity index (χ1) is 14.7. The number of rotatable bonds is 7. The predicted molar refractivity (Wildman–Crippen MR) is 120 cm³/mol. The maximum Gasteiger partial charge on any atom is 0.257 e. The van der Waals surface area contributed by atoms with Gasteiger partial charge >= 0.3 is 0 Å². The van der Waals surface area contributed by atoms with E-state index >= 15 is 0 Å². The summed E-state index contributed by atoms with van der Waals surface area (Å²) in [7, 11) is -0.363. The Balaban J connectivity index is 1.85. The number of benzene rings is 1. The summed E-state index contributed by atoms with van der Waals surface area (Å²) < 4.78 is 13.4. The molecule has 3 N–H and O–H groups in total. The molecule has 0 saturated heterocycles. The Morgan fingerprint density at radius 3 is 2.52 bits per heavy atom. The van der Waals surface area contributed by atoms with Crippen LogP contribution in [-0.2, 0) is 16.6 Å². The van der Waals surface area contributed by atoms with Crippen molar-refractivity contribution >= 4 is 25.4 Å². The number of amides is 1. The number of nitrogens with one attached hydrogen (secondary N) is 1. The molecule has 9 heteroatoms. The van der Waals surface area contributed by atoms with Crippen molar-refractivity contribution in [1.29, 1.82) is 0 Å². The Morgan fingerprint density at radius 2 is 1.94 bits per heavy atom. The van der Waals surface area contributed by atoms with Crippen LogP contribution in [0, 0.1) is 6.92 Å². The van der Waals surface area contributed by atoms with Crippen LogP contribution in [0.25, 0.3) is 0 Å². The number of nitrogens with zero attached hydrogens (tertiary/aromatic N) is 2. The molecule has 3 rings (SSSR count). The van der Waals surface area contributed by atoms with Crippen LogP contribution in [0.2, 0.25) is 0 Å². The number of hydrogen-bond acceptors (Lipinski definition) is 6. The van der Waals surface area contributed by atoms with E-state index in [0.29, 0.717) is 40.4 Å². The lowest BCUT2D eigenvalue weighted by Gasteiger charge is -2.11. The average Bonchev–Trinajstić information content (AvgIpc) is 2.89. The minimum absolute atomic E-state index is 0.0493. The number of hydrogen-bond donors (Lipinski definition) is 3. The summed E-state index contributed by atoms with van der Waals surface area (Å²) in [6.45, 7) is 5.70. The number of anilines is 1. The first-order valence-corrected chi connectivity index (χ1v) is 11.0. The smallest absolute Gasteiger partial charge is 0.257 e. The van der Waals surface area contributed by atoms with E-state index in [2.05, 4.69) is 10.4 Å². The molecule has 164 valence electrons. The van der Waals surface area contributed by atoms with Gasteiger partial charge in [-0.3, -0.25) is 9.48 Å². The molecule has 0 saturated carbocycles. The number of carbonyl (C=O) groups excluding carboxylic acids is 1. The Hall–Kier alpha value is -2.93. The van der Waals surface area contributed by atoms with Crippen molar-refractivity contribution in [2.75, 3.05) is 5.32 Å². The lowest BCUT2D eigenvalue weighted by molar-refractivity contribution is -0.112. The van der Waals surface area contributed by atoms with Crippen LogP contribution in [0.4, 0.5) is 5.82 Å². The maximum atomic E-state index is 13.0.